The van der Waals surface area contributed by atoms with Crippen LogP contribution in [-0.4, -0.2) is 6.61 Å². The number of hydrogen-bond acceptors (Lipinski definition) is 2. The Morgan fingerprint density at radius 2 is 1.86 bits per heavy atom. The standard InChI is InChI=1S/C19H29NO/c1-2-21-18-10-6-5-9-17(18)19(20)16-12-11-14-7-3-4-8-15(14)13-16/h5-6,9-10,14-16,19H,2-4,7-8,11-13,20H2,1H3. The highest BCUT2D eigenvalue weighted by Crippen LogP contribution is 2.46. The number of hydrogen-bond donors (Lipinski definition) is 1. The lowest BCUT2D eigenvalue weighted by atomic mass is 9.65. The van der Waals surface area contributed by atoms with E-state index in [9.17, 15) is 0 Å². The minimum absolute atomic E-state index is 0.135. The molecule has 21 heavy (non-hydrogen) atoms. The van der Waals surface area contributed by atoms with Crippen LogP contribution in [0.1, 0.15) is 63.5 Å². The molecule has 1 aromatic carbocycles. The largest absolute Gasteiger partial charge is 0.494 e. The molecule has 2 nitrogen and oxygen atoms in total. The summed E-state index contributed by atoms with van der Waals surface area (Å²) in [7, 11) is 0. The summed E-state index contributed by atoms with van der Waals surface area (Å²) in [5.41, 5.74) is 7.85. The zero-order chi connectivity index (χ0) is 14.7. The van der Waals surface area contributed by atoms with Crippen molar-refractivity contribution in [1.82, 2.24) is 0 Å². The molecule has 4 atom stereocenters. The molecule has 0 spiro atoms. The molecule has 116 valence electrons. The van der Waals surface area contributed by atoms with Crippen LogP contribution in [-0.2, 0) is 0 Å². The van der Waals surface area contributed by atoms with E-state index in [2.05, 4.69) is 18.2 Å². The minimum Gasteiger partial charge on any atom is -0.494 e. The first-order valence-corrected chi connectivity index (χ1v) is 8.77. The third kappa shape index (κ3) is 3.26. The SMILES string of the molecule is CCOc1ccccc1C(N)C1CCC2CCCCC2C1. The molecule has 4 unspecified atom stereocenters. The summed E-state index contributed by atoms with van der Waals surface area (Å²) in [4.78, 5) is 0. The smallest absolute Gasteiger partial charge is 0.124 e. The predicted octanol–water partition coefficient (Wildman–Crippen LogP) is 4.69. The van der Waals surface area contributed by atoms with Crippen LogP contribution in [0.3, 0.4) is 0 Å². The average Bonchev–Trinajstić information content (AvgIpc) is 2.54. The second-order valence-electron chi connectivity index (χ2n) is 6.87. The van der Waals surface area contributed by atoms with Gasteiger partial charge in [0.05, 0.1) is 6.61 Å². The Hall–Kier alpha value is -1.02. The number of ether oxygens (including phenoxy) is 1. The molecule has 1 aromatic rings. The van der Waals surface area contributed by atoms with Gasteiger partial charge in [0.15, 0.2) is 0 Å². The van der Waals surface area contributed by atoms with Gasteiger partial charge < -0.3 is 10.5 Å². The van der Waals surface area contributed by atoms with Gasteiger partial charge >= 0.3 is 0 Å². The normalized spacial score (nSPS) is 30.5. The van der Waals surface area contributed by atoms with Crippen molar-refractivity contribution >= 4 is 0 Å². The third-order valence-electron chi connectivity index (χ3n) is 5.67. The van der Waals surface area contributed by atoms with Crippen molar-refractivity contribution in [3.63, 3.8) is 0 Å². The van der Waals surface area contributed by atoms with E-state index in [0.717, 1.165) is 17.6 Å². The summed E-state index contributed by atoms with van der Waals surface area (Å²) in [6.45, 7) is 2.74. The summed E-state index contributed by atoms with van der Waals surface area (Å²) in [6.07, 6.45) is 9.78. The molecule has 0 aromatic heterocycles. The number of benzene rings is 1. The highest BCUT2D eigenvalue weighted by atomic mass is 16.5. The van der Waals surface area contributed by atoms with E-state index < -0.39 is 0 Å². The first-order valence-electron chi connectivity index (χ1n) is 8.77. The van der Waals surface area contributed by atoms with Gasteiger partial charge in [0.1, 0.15) is 5.75 Å². The molecule has 0 saturated heterocycles. The van der Waals surface area contributed by atoms with Crippen LogP contribution in [0.15, 0.2) is 24.3 Å². The van der Waals surface area contributed by atoms with E-state index in [1.807, 2.05) is 13.0 Å². The summed E-state index contributed by atoms with van der Waals surface area (Å²) >= 11 is 0. The van der Waals surface area contributed by atoms with Crippen LogP contribution in [0.5, 0.6) is 5.75 Å². The first-order chi connectivity index (χ1) is 10.3. The van der Waals surface area contributed by atoms with E-state index in [1.165, 1.54) is 50.5 Å². The Bertz CT molecular complexity index is 459. The number of rotatable bonds is 4. The topological polar surface area (TPSA) is 35.2 Å². The highest BCUT2D eigenvalue weighted by molar-refractivity contribution is 5.36. The quantitative estimate of drug-likeness (QED) is 0.871. The van der Waals surface area contributed by atoms with E-state index >= 15 is 0 Å². The van der Waals surface area contributed by atoms with Crippen molar-refractivity contribution in [2.75, 3.05) is 6.61 Å². The molecule has 0 amide bonds. The summed E-state index contributed by atoms with van der Waals surface area (Å²) in [5.74, 6) is 3.54. The Labute approximate surface area is 129 Å². The van der Waals surface area contributed by atoms with Crippen molar-refractivity contribution in [3.8, 4) is 5.75 Å². The fourth-order valence-corrected chi connectivity index (χ4v) is 4.53. The molecule has 0 radical (unpaired) electrons. The molecular weight excluding hydrogens is 258 g/mol. The van der Waals surface area contributed by atoms with Gasteiger partial charge in [-0.3, -0.25) is 0 Å². The van der Waals surface area contributed by atoms with Gasteiger partial charge in [-0.05, 0) is 50.0 Å². The van der Waals surface area contributed by atoms with Crippen molar-refractivity contribution < 1.29 is 4.74 Å². The van der Waals surface area contributed by atoms with Crippen LogP contribution >= 0.6 is 0 Å². The molecule has 0 heterocycles. The van der Waals surface area contributed by atoms with Gasteiger partial charge in [-0.2, -0.15) is 0 Å². The number of nitrogens with two attached hydrogens (primary N) is 1. The van der Waals surface area contributed by atoms with Crippen molar-refractivity contribution in [3.05, 3.63) is 29.8 Å². The fourth-order valence-electron chi connectivity index (χ4n) is 4.53. The minimum atomic E-state index is 0.135. The van der Waals surface area contributed by atoms with Gasteiger partial charge in [-0.1, -0.05) is 43.9 Å². The van der Waals surface area contributed by atoms with E-state index in [0.29, 0.717) is 12.5 Å². The lowest BCUT2D eigenvalue weighted by Gasteiger charge is -2.41. The molecule has 0 aliphatic heterocycles. The summed E-state index contributed by atoms with van der Waals surface area (Å²) < 4.78 is 5.78. The fraction of sp³-hybridized carbons (Fsp3) is 0.684. The molecule has 2 N–H and O–H groups in total. The van der Waals surface area contributed by atoms with Crippen LogP contribution in [0.4, 0.5) is 0 Å². The van der Waals surface area contributed by atoms with Gasteiger partial charge in [0.2, 0.25) is 0 Å². The van der Waals surface area contributed by atoms with E-state index in [4.69, 9.17) is 10.5 Å². The van der Waals surface area contributed by atoms with Gasteiger partial charge in [0, 0.05) is 11.6 Å². The lowest BCUT2D eigenvalue weighted by molar-refractivity contribution is 0.116. The molecule has 2 aliphatic carbocycles. The molecule has 3 rings (SSSR count). The average molecular weight is 287 g/mol. The Kier molecular flexibility index (Phi) is 4.84. The van der Waals surface area contributed by atoms with Crippen LogP contribution in [0.2, 0.25) is 0 Å². The van der Waals surface area contributed by atoms with E-state index in [1.54, 1.807) is 0 Å². The van der Waals surface area contributed by atoms with Crippen molar-refractivity contribution in [1.29, 1.82) is 0 Å². The van der Waals surface area contributed by atoms with Crippen molar-refractivity contribution in [2.45, 2.75) is 57.9 Å². The van der Waals surface area contributed by atoms with Gasteiger partial charge in [0.25, 0.3) is 0 Å². The molecule has 2 saturated carbocycles. The van der Waals surface area contributed by atoms with Crippen LogP contribution < -0.4 is 10.5 Å². The second-order valence-corrected chi connectivity index (χ2v) is 6.87. The van der Waals surface area contributed by atoms with Crippen LogP contribution in [0, 0.1) is 17.8 Å². The molecule has 2 fully saturated rings. The Balaban J connectivity index is 1.71. The number of fused-ring (bicyclic) bond motifs is 1. The summed E-state index contributed by atoms with van der Waals surface area (Å²) in [6, 6.07) is 8.48. The Morgan fingerprint density at radius 1 is 1.10 bits per heavy atom. The van der Waals surface area contributed by atoms with Crippen molar-refractivity contribution in [2.24, 2.45) is 23.5 Å². The molecule has 0 bridgehead atoms. The Morgan fingerprint density at radius 3 is 2.67 bits per heavy atom. The molecule has 2 heteroatoms. The molecule has 2 aliphatic rings. The lowest BCUT2D eigenvalue weighted by Crippen LogP contribution is -2.33. The van der Waals surface area contributed by atoms with E-state index in [-0.39, 0.29) is 6.04 Å². The zero-order valence-corrected chi connectivity index (χ0v) is 13.3. The monoisotopic (exact) mass is 287 g/mol. The summed E-state index contributed by atoms with van der Waals surface area (Å²) in [5, 5.41) is 0. The highest BCUT2D eigenvalue weighted by Gasteiger charge is 2.35. The first kappa shape index (κ1) is 14.9. The predicted molar refractivity (Wildman–Crippen MR) is 87.3 cm³/mol. The maximum Gasteiger partial charge on any atom is 0.124 e. The third-order valence-corrected chi connectivity index (χ3v) is 5.67. The maximum atomic E-state index is 6.64. The maximum absolute atomic E-state index is 6.64. The second kappa shape index (κ2) is 6.83. The van der Waals surface area contributed by atoms with Gasteiger partial charge in [-0.25, -0.2) is 0 Å². The van der Waals surface area contributed by atoms with Gasteiger partial charge in [-0.15, -0.1) is 0 Å². The van der Waals surface area contributed by atoms with Crippen LogP contribution in [0.25, 0.3) is 0 Å². The zero-order valence-electron chi connectivity index (χ0n) is 13.3. The molecular formula is C19H29NO. The number of para-hydroxylation sites is 1.